The van der Waals surface area contributed by atoms with E-state index in [4.69, 9.17) is 9.40 Å². The van der Waals surface area contributed by atoms with Crippen LogP contribution >= 0.6 is 0 Å². The van der Waals surface area contributed by atoms with Crippen LogP contribution in [0, 0.1) is 12.1 Å². The van der Waals surface area contributed by atoms with Crippen LogP contribution in [0.5, 0.6) is 0 Å². The molecule has 0 aliphatic heterocycles. The summed E-state index contributed by atoms with van der Waals surface area (Å²) in [6.07, 6.45) is 4.28. The van der Waals surface area contributed by atoms with E-state index in [1.807, 2.05) is 30.5 Å². The Kier molecular flexibility index (Phi) is 13.1. The van der Waals surface area contributed by atoms with Crippen molar-refractivity contribution in [2.24, 2.45) is 0 Å². The molecule has 73 heavy (non-hydrogen) atoms. The number of nitrogens with zero attached hydrogens (tertiary/aromatic N) is 3. The van der Waals surface area contributed by atoms with Crippen LogP contribution in [0.3, 0.4) is 0 Å². The van der Waals surface area contributed by atoms with Gasteiger partial charge in [-0.05, 0) is 132 Å². The van der Waals surface area contributed by atoms with Crippen LogP contribution in [-0.2, 0) is 30.9 Å². The van der Waals surface area contributed by atoms with E-state index in [1.54, 1.807) is 0 Å². The molecule has 0 N–H and O–H groups in total. The molecule has 0 unspecified atom stereocenters. The number of fused-ring (bicyclic) bond motifs is 9. The van der Waals surface area contributed by atoms with Crippen molar-refractivity contribution in [1.29, 1.82) is 0 Å². The van der Waals surface area contributed by atoms with E-state index in [1.165, 1.54) is 71.3 Å². The molecule has 1 aliphatic carbocycles. The molecule has 369 valence electrons. The average Bonchev–Trinajstić information content (AvgIpc) is 3.95. The van der Waals surface area contributed by atoms with Crippen LogP contribution in [0.1, 0.15) is 102 Å². The first kappa shape index (κ1) is 50.1. The van der Waals surface area contributed by atoms with Crippen LogP contribution in [0.4, 0.5) is 0 Å². The Labute approximate surface area is 446 Å². The van der Waals surface area contributed by atoms with Gasteiger partial charge in [0.1, 0.15) is 5.58 Å². The van der Waals surface area contributed by atoms with E-state index < -0.39 is 8.07 Å². The van der Waals surface area contributed by atoms with Gasteiger partial charge in [-0.25, -0.2) is 0 Å². The molecular formula is C67H65IrN3OSi-2. The number of rotatable bonds is 7. The number of aromatic nitrogens is 3. The molecule has 0 amide bonds. The first-order chi connectivity index (χ1) is 34.5. The van der Waals surface area contributed by atoms with Crippen molar-refractivity contribution < 1.29 is 24.5 Å². The number of benzene rings is 8. The molecule has 12 rings (SSSR count). The standard InChI is InChI=1S/C53H49N2O.C14H16NSi.Ir/c1-31(2)40-28-36(33-15-10-9-11-16-33)29-41(32(3)4)48(40)55-49-45(24-23-44-47(49)53(7,8)26-25-52(44,5)6)54-51(55)39-20-14-19-38-43-27-35-22-21-34-17-12-13-18-37(34)42(35)30-46(43)56-50(38)39;1-16(2,3)13-9-10-14(15-11-13)12-7-5-4-6-8-12;/h9-19,21-24,27-32H,25-26H2,1-8H3;4-7,9-11H,1-3H3;/q2*-1;. The average molecular weight is 1150 g/mol. The van der Waals surface area contributed by atoms with Gasteiger partial charge in [-0.15, -0.1) is 54.1 Å². The summed E-state index contributed by atoms with van der Waals surface area (Å²) in [5, 5.41) is 8.46. The third kappa shape index (κ3) is 9.00. The summed E-state index contributed by atoms with van der Waals surface area (Å²) in [5.41, 5.74) is 16.1. The number of furan rings is 1. The van der Waals surface area contributed by atoms with Crippen LogP contribution in [0.25, 0.3) is 94.0 Å². The van der Waals surface area contributed by atoms with Crippen molar-refractivity contribution in [1.82, 2.24) is 14.5 Å². The van der Waals surface area contributed by atoms with Crippen LogP contribution < -0.4 is 5.19 Å². The van der Waals surface area contributed by atoms with Crippen LogP contribution in [-0.4, -0.2) is 22.6 Å². The summed E-state index contributed by atoms with van der Waals surface area (Å²) < 4.78 is 9.56. The molecule has 11 aromatic rings. The predicted octanol–water partition coefficient (Wildman–Crippen LogP) is 18.1. The van der Waals surface area contributed by atoms with Gasteiger partial charge in [-0.3, -0.25) is 4.98 Å². The largest absolute Gasteiger partial charge is 0.501 e. The van der Waals surface area contributed by atoms with Gasteiger partial charge in [-0.1, -0.05) is 171 Å². The van der Waals surface area contributed by atoms with Gasteiger partial charge in [0.15, 0.2) is 0 Å². The fourth-order valence-electron chi connectivity index (χ4n) is 11.3. The van der Waals surface area contributed by atoms with Gasteiger partial charge in [0, 0.05) is 37.4 Å². The molecule has 4 nitrogen and oxygen atoms in total. The first-order valence-electron chi connectivity index (χ1n) is 25.9. The Morgan fingerprint density at radius 3 is 2.00 bits per heavy atom. The summed E-state index contributed by atoms with van der Waals surface area (Å²) in [5.74, 6) is 1.39. The molecule has 0 bridgehead atoms. The third-order valence-corrected chi connectivity index (χ3v) is 17.5. The van der Waals surface area contributed by atoms with E-state index in [0.29, 0.717) is 0 Å². The normalized spacial score (nSPS) is 14.2. The molecule has 8 aromatic carbocycles. The van der Waals surface area contributed by atoms with Crippen LogP contribution in [0.15, 0.2) is 162 Å². The zero-order valence-electron chi connectivity index (χ0n) is 44.2. The molecule has 0 saturated carbocycles. The molecule has 0 atom stereocenters. The Balaban J connectivity index is 0.000000307. The zero-order valence-corrected chi connectivity index (χ0v) is 47.6. The van der Waals surface area contributed by atoms with Crippen molar-refractivity contribution in [2.45, 2.75) is 111 Å². The van der Waals surface area contributed by atoms with Crippen molar-refractivity contribution in [3.63, 3.8) is 0 Å². The molecular weight excluding hydrogens is 1080 g/mol. The van der Waals surface area contributed by atoms with Gasteiger partial charge in [0.2, 0.25) is 0 Å². The summed E-state index contributed by atoms with van der Waals surface area (Å²) in [6.45, 7) is 26.0. The van der Waals surface area contributed by atoms with Gasteiger partial charge in [0.05, 0.1) is 30.5 Å². The van der Waals surface area contributed by atoms with Gasteiger partial charge < -0.3 is 14.0 Å². The summed E-state index contributed by atoms with van der Waals surface area (Å²) in [7, 11) is -1.23. The maximum absolute atomic E-state index is 7.02. The van der Waals surface area contributed by atoms with Gasteiger partial charge in [-0.2, -0.15) is 0 Å². The van der Waals surface area contributed by atoms with E-state index in [9.17, 15) is 0 Å². The van der Waals surface area contributed by atoms with E-state index in [0.717, 1.165) is 62.9 Å². The third-order valence-electron chi connectivity index (χ3n) is 15.5. The molecule has 0 saturated heterocycles. The molecule has 6 heteroatoms. The number of hydrogen-bond acceptors (Lipinski definition) is 3. The van der Waals surface area contributed by atoms with Crippen molar-refractivity contribution in [3.05, 3.63) is 192 Å². The first-order valence-corrected chi connectivity index (χ1v) is 29.4. The number of imidazole rings is 1. The minimum Gasteiger partial charge on any atom is -0.501 e. The molecule has 0 spiro atoms. The Hall–Kier alpha value is -6.43. The summed E-state index contributed by atoms with van der Waals surface area (Å²) in [4.78, 5) is 10.2. The number of pyridine rings is 1. The van der Waals surface area contributed by atoms with Crippen LogP contribution in [0.2, 0.25) is 19.6 Å². The van der Waals surface area contributed by atoms with E-state index in [-0.39, 0.29) is 42.8 Å². The quantitative estimate of drug-likeness (QED) is 0.0907. The smallest absolute Gasteiger partial charge is 0.121 e. The van der Waals surface area contributed by atoms with Crippen molar-refractivity contribution >= 4 is 67.8 Å². The molecule has 0 fully saturated rings. The minimum absolute atomic E-state index is 0. The fraction of sp³-hybridized carbons (Fsp3) is 0.254. The van der Waals surface area contributed by atoms with Crippen molar-refractivity contribution in [3.8, 4) is 39.5 Å². The minimum atomic E-state index is -1.23. The maximum atomic E-state index is 7.02. The van der Waals surface area contributed by atoms with Gasteiger partial charge in [0.25, 0.3) is 0 Å². The second-order valence-corrected chi connectivity index (χ2v) is 28.2. The molecule has 3 aromatic heterocycles. The maximum Gasteiger partial charge on any atom is 0.121 e. The van der Waals surface area contributed by atoms with Gasteiger partial charge >= 0.3 is 0 Å². The SMILES string of the molecule is CC(C)c1cc(-c2ccccc2)cc(C(C)C)c1-n1c(-c2[c-]ccc3c2oc2cc4c(ccc5ccccc54)cc23)nc2ccc3c(c21)C(C)(C)CCC3(C)C.C[Si](C)(C)c1ccc(-c2[c-]cccc2)nc1.[Ir]. The fourth-order valence-corrected chi connectivity index (χ4v) is 12.3. The second-order valence-electron chi connectivity index (χ2n) is 23.1. The van der Waals surface area contributed by atoms with E-state index in [2.05, 4.69) is 224 Å². The summed E-state index contributed by atoms with van der Waals surface area (Å²) >= 11 is 0. The monoisotopic (exact) mass is 1150 g/mol. The second kappa shape index (κ2) is 19.1. The Bertz CT molecular complexity index is 3810. The molecule has 3 heterocycles. The van der Waals surface area contributed by atoms with E-state index >= 15 is 0 Å². The zero-order chi connectivity index (χ0) is 50.3. The Morgan fingerprint density at radius 2 is 1.32 bits per heavy atom. The topological polar surface area (TPSA) is 43.9 Å². The molecule has 1 aliphatic rings. The Morgan fingerprint density at radius 1 is 0.616 bits per heavy atom. The predicted molar refractivity (Wildman–Crippen MR) is 308 cm³/mol. The summed E-state index contributed by atoms with van der Waals surface area (Å²) in [6, 6.07) is 61.3. The molecule has 1 radical (unpaired) electrons. The number of hydrogen-bond donors (Lipinski definition) is 0. The van der Waals surface area contributed by atoms with Crippen molar-refractivity contribution in [2.75, 3.05) is 0 Å².